The van der Waals surface area contributed by atoms with Crippen LogP contribution in [-0.4, -0.2) is 20.6 Å². The minimum absolute atomic E-state index is 0.175. The molecule has 1 aliphatic rings. The minimum Gasteiger partial charge on any atom is -0.363 e. The van der Waals surface area contributed by atoms with E-state index in [1.165, 1.54) is 43.3 Å². The third kappa shape index (κ3) is 3.72. The molecule has 0 aromatic heterocycles. The summed E-state index contributed by atoms with van der Waals surface area (Å²) in [6.07, 6.45) is -0.922. The summed E-state index contributed by atoms with van der Waals surface area (Å²) in [5, 5.41) is 29.5. The molecule has 0 bridgehead atoms. The van der Waals surface area contributed by atoms with Gasteiger partial charge in [0, 0.05) is 41.1 Å². The predicted molar refractivity (Wildman–Crippen MR) is 106 cm³/mol. The monoisotopic (exact) mass is 411 g/mol. The molecular formula is C19H17N5O6. The van der Waals surface area contributed by atoms with Crippen LogP contribution in [0.5, 0.6) is 0 Å². The van der Waals surface area contributed by atoms with Crippen LogP contribution in [0.1, 0.15) is 37.2 Å². The smallest absolute Gasteiger partial charge is 0.269 e. The number of nitroso groups, excluding NO2 is 1. The van der Waals surface area contributed by atoms with Gasteiger partial charge in [-0.15, -0.1) is 4.91 Å². The number of rotatable bonds is 6. The second kappa shape index (κ2) is 8.07. The van der Waals surface area contributed by atoms with Gasteiger partial charge in [-0.05, 0) is 19.4 Å². The number of carbonyl (C=O) groups excluding carboxylic acids is 1. The van der Waals surface area contributed by atoms with E-state index in [0.29, 0.717) is 16.8 Å². The highest BCUT2D eigenvalue weighted by molar-refractivity contribution is 5.95. The number of Topliss-reactive ketones (excluding diaryl/α,β-unsaturated/α-hetero) is 1. The maximum absolute atomic E-state index is 12.4. The molecule has 0 spiro atoms. The largest absolute Gasteiger partial charge is 0.363 e. The molecule has 30 heavy (non-hydrogen) atoms. The van der Waals surface area contributed by atoms with E-state index in [9.17, 15) is 29.9 Å². The predicted octanol–water partition coefficient (Wildman–Crippen LogP) is 3.69. The zero-order chi connectivity index (χ0) is 22.0. The lowest BCUT2D eigenvalue weighted by Crippen LogP contribution is -2.44. The fraction of sp³-hybridized carbons (Fsp3) is 0.211. The lowest BCUT2D eigenvalue weighted by molar-refractivity contribution is -0.385. The van der Waals surface area contributed by atoms with Gasteiger partial charge in [-0.1, -0.05) is 24.3 Å². The Morgan fingerprint density at radius 3 is 2.07 bits per heavy atom. The van der Waals surface area contributed by atoms with E-state index in [1.807, 2.05) is 0 Å². The van der Waals surface area contributed by atoms with E-state index < -0.39 is 22.1 Å². The van der Waals surface area contributed by atoms with Crippen LogP contribution in [0.25, 0.3) is 0 Å². The first-order valence-corrected chi connectivity index (χ1v) is 8.83. The fourth-order valence-corrected chi connectivity index (χ4v) is 3.56. The Kier molecular flexibility index (Phi) is 5.54. The van der Waals surface area contributed by atoms with Crippen LogP contribution in [-0.2, 0) is 4.79 Å². The maximum atomic E-state index is 12.4. The van der Waals surface area contributed by atoms with Gasteiger partial charge in [-0.3, -0.25) is 25.0 Å². The molecular weight excluding hydrogens is 394 g/mol. The summed E-state index contributed by atoms with van der Waals surface area (Å²) in [4.78, 5) is 45.5. The van der Waals surface area contributed by atoms with Crippen molar-refractivity contribution in [3.8, 4) is 0 Å². The molecule has 0 saturated heterocycles. The number of nitro groups is 2. The van der Waals surface area contributed by atoms with E-state index in [-0.39, 0.29) is 22.7 Å². The van der Waals surface area contributed by atoms with Gasteiger partial charge >= 0.3 is 0 Å². The molecule has 2 atom stereocenters. The van der Waals surface area contributed by atoms with Crippen molar-refractivity contribution in [1.82, 2.24) is 10.3 Å². The summed E-state index contributed by atoms with van der Waals surface area (Å²) >= 11 is 0. The van der Waals surface area contributed by atoms with E-state index in [2.05, 4.69) is 10.6 Å². The van der Waals surface area contributed by atoms with Crippen LogP contribution in [0.15, 0.2) is 65.1 Å². The van der Waals surface area contributed by atoms with Crippen LogP contribution in [0.4, 0.5) is 11.4 Å². The minimum atomic E-state index is -1.01. The molecule has 2 aromatic carbocycles. The SMILES string of the molecule is CC(=O)C1=C(C)N[C@@H](c2cccc([N+](=O)[O-])c2)N(N=O)[C@H]1c1cccc([N+](=O)[O-])c1. The lowest BCUT2D eigenvalue weighted by atomic mass is 9.90. The lowest BCUT2D eigenvalue weighted by Gasteiger charge is -2.40. The van der Waals surface area contributed by atoms with Crippen LogP contribution < -0.4 is 5.32 Å². The number of hydrogen-bond acceptors (Lipinski definition) is 8. The first kappa shape index (κ1) is 20.6. The van der Waals surface area contributed by atoms with Gasteiger partial charge in [0.2, 0.25) is 0 Å². The molecule has 0 amide bonds. The summed E-state index contributed by atoms with van der Waals surface area (Å²) in [5.41, 5.74) is 0.981. The molecule has 3 rings (SSSR count). The highest BCUT2D eigenvalue weighted by Gasteiger charge is 2.39. The van der Waals surface area contributed by atoms with Gasteiger partial charge < -0.3 is 5.32 Å². The second-order valence-corrected chi connectivity index (χ2v) is 6.71. The van der Waals surface area contributed by atoms with Crippen molar-refractivity contribution >= 4 is 17.2 Å². The average Bonchev–Trinajstić information content (AvgIpc) is 2.72. The maximum Gasteiger partial charge on any atom is 0.269 e. The Bertz CT molecular complexity index is 1080. The number of non-ortho nitro benzene ring substituents is 2. The Balaban J connectivity index is 2.19. The zero-order valence-electron chi connectivity index (χ0n) is 16.0. The Hall–Kier alpha value is -4.15. The van der Waals surface area contributed by atoms with Crippen LogP contribution >= 0.6 is 0 Å². The number of benzene rings is 2. The summed E-state index contributed by atoms with van der Waals surface area (Å²) < 4.78 is 0. The number of hydrogen-bond donors (Lipinski definition) is 1. The molecule has 1 aliphatic heterocycles. The van der Waals surface area contributed by atoms with E-state index >= 15 is 0 Å². The van der Waals surface area contributed by atoms with Crippen molar-refractivity contribution < 1.29 is 14.6 Å². The van der Waals surface area contributed by atoms with Crippen molar-refractivity contribution in [3.63, 3.8) is 0 Å². The van der Waals surface area contributed by atoms with Crippen LogP contribution in [0, 0.1) is 25.1 Å². The van der Waals surface area contributed by atoms with Crippen molar-refractivity contribution in [2.75, 3.05) is 0 Å². The van der Waals surface area contributed by atoms with Crippen molar-refractivity contribution in [1.29, 1.82) is 0 Å². The molecule has 0 radical (unpaired) electrons. The molecule has 2 aromatic rings. The van der Waals surface area contributed by atoms with Gasteiger partial charge in [-0.25, -0.2) is 5.01 Å². The van der Waals surface area contributed by atoms with Gasteiger partial charge in [0.1, 0.15) is 12.2 Å². The molecule has 0 aliphatic carbocycles. The summed E-state index contributed by atoms with van der Waals surface area (Å²) in [5.74, 6) is -0.345. The summed E-state index contributed by atoms with van der Waals surface area (Å²) in [6, 6.07) is 10.2. The molecule has 1 N–H and O–H groups in total. The highest BCUT2D eigenvalue weighted by atomic mass is 16.6. The van der Waals surface area contributed by atoms with Crippen molar-refractivity contribution in [2.45, 2.75) is 26.1 Å². The summed E-state index contributed by atoms with van der Waals surface area (Å²) in [7, 11) is 0. The first-order chi connectivity index (χ1) is 14.2. The Morgan fingerprint density at radius 2 is 1.57 bits per heavy atom. The molecule has 0 unspecified atom stereocenters. The third-order valence-corrected chi connectivity index (χ3v) is 4.83. The van der Waals surface area contributed by atoms with Crippen LogP contribution in [0.3, 0.4) is 0 Å². The van der Waals surface area contributed by atoms with Gasteiger partial charge in [-0.2, -0.15) is 0 Å². The van der Waals surface area contributed by atoms with Crippen molar-refractivity contribution in [3.05, 3.63) is 96.1 Å². The quantitative estimate of drug-likeness (QED) is 0.430. The van der Waals surface area contributed by atoms with Gasteiger partial charge in [0.05, 0.1) is 15.1 Å². The normalized spacial score (nSPS) is 18.5. The van der Waals surface area contributed by atoms with Crippen LogP contribution in [0.2, 0.25) is 0 Å². The third-order valence-electron chi connectivity index (χ3n) is 4.83. The van der Waals surface area contributed by atoms with E-state index in [0.717, 1.165) is 5.01 Å². The number of carbonyl (C=O) groups is 1. The molecule has 0 saturated carbocycles. The molecule has 11 nitrogen and oxygen atoms in total. The molecule has 0 fully saturated rings. The topological polar surface area (TPSA) is 148 Å². The number of nitrogens with zero attached hydrogens (tertiary/aromatic N) is 4. The number of nitro benzene ring substituents is 2. The number of ketones is 1. The summed E-state index contributed by atoms with van der Waals surface area (Å²) in [6.45, 7) is 2.95. The first-order valence-electron chi connectivity index (χ1n) is 8.83. The Labute approximate surface area is 170 Å². The van der Waals surface area contributed by atoms with Gasteiger partial charge in [0.25, 0.3) is 11.4 Å². The highest BCUT2D eigenvalue weighted by Crippen LogP contribution is 2.41. The fourth-order valence-electron chi connectivity index (χ4n) is 3.56. The number of allylic oxidation sites excluding steroid dienone is 1. The average molecular weight is 411 g/mol. The molecule has 154 valence electrons. The standard InChI is InChI=1S/C19H17N5O6/c1-11-17(12(2)25)18(13-5-3-7-15(9-13)23(27)28)22(21-26)19(20-11)14-6-4-8-16(10-14)24(29)30/h3-10,18-20H,1-2H3/t18-,19+/m0/s1. The zero-order valence-corrected chi connectivity index (χ0v) is 16.0. The van der Waals surface area contributed by atoms with E-state index in [4.69, 9.17) is 0 Å². The van der Waals surface area contributed by atoms with E-state index in [1.54, 1.807) is 19.1 Å². The number of nitrogens with one attached hydrogen (secondary N) is 1. The van der Waals surface area contributed by atoms with Gasteiger partial charge in [0.15, 0.2) is 5.78 Å². The molecule has 1 heterocycles. The Morgan fingerprint density at radius 1 is 1.03 bits per heavy atom. The second-order valence-electron chi connectivity index (χ2n) is 6.71. The molecule has 11 heteroatoms. The van der Waals surface area contributed by atoms with Crippen molar-refractivity contribution in [2.24, 2.45) is 5.29 Å².